The Labute approximate surface area is 123 Å². The van der Waals surface area contributed by atoms with Gasteiger partial charge < -0.3 is 16.0 Å². The van der Waals surface area contributed by atoms with Crippen LogP contribution >= 0.6 is 0 Å². The van der Waals surface area contributed by atoms with Crippen molar-refractivity contribution in [2.45, 2.75) is 59.4 Å². The van der Waals surface area contributed by atoms with Crippen LogP contribution in [-0.4, -0.2) is 41.9 Å². The van der Waals surface area contributed by atoms with Crippen LogP contribution in [0, 0.1) is 5.92 Å². The van der Waals surface area contributed by atoms with E-state index in [0.29, 0.717) is 25.8 Å². The lowest BCUT2D eigenvalue weighted by Gasteiger charge is -2.33. The number of nitrogens with one attached hydrogen (secondary N) is 1. The molecular weight excluding hydrogens is 254 g/mol. The Hall–Kier alpha value is -1.10. The molecule has 118 valence electrons. The molecule has 0 aliphatic carbocycles. The molecule has 0 aliphatic heterocycles. The predicted molar refractivity (Wildman–Crippen MR) is 82.2 cm³/mol. The van der Waals surface area contributed by atoms with Crippen LogP contribution in [0.5, 0.6) is 0 Å². The second kappa shape index (κ2) is 8.95. The average molecular weight is 285 g/mol. The number of hydrogen-bond acceptors (Lipinski definition) is 3. The summed E-state index contributed by atoms with van der Waals surface area (Å²) in [5, 5.41) is 2.98. The standard InChI is InChI=1S/C15H31N3O2/c1-6-18(7-2)14(20)10-8-9-13(19)17-15(5,11-16)12(3)4/h12H,6-11,16H2,1-5H3,(H,17,19). The minimum absolute atomic E-state index is 0.0287. The first-order valence-electron chi connectivity index (χ1n) is 7.59. The van der Waals surface area contributed by atoms with E-state index in [9.17, 15) is 9.59 Å². The van der Waals surface area contributed by atoms with E-state index in [0.717, 1.165) is 13.1 Å². The maximum absolute atomic E-state index is 11.9. The van der Waals surface area contributed by atoms with Crippen LogP contribution in [-0.2, 0) is 9.59 Å². The molecule has 0 aromatic heterocycles. The van der Waals surface area contributed by atoms with Gasteiger partial charge in [-0.15, -0.1) is 0 Å². The normalized spacial score (nSPS) is 13.9. The summed E-state index contributed by atoms with van der Waals surface area (Å²) in [4.78, 5) is 25.5. The zero-order valence-electron chi connectivity index (χ0n) is 13.7. The second-order valence-electron chi connectivity index (χ2n) is 5.74. The fraction of sp³-hybridized carbons (Fsp3) is 0.867. The van der Waals surface area contributed by atoms with Gasteiger partial charge in [-0.3, -0.25) is 9.59 Å². The summed E-state index contributed by atoms with van der Waals surface area (Å²) < 4.78 is 0. The van der Waals surface area contributed by atoms with E-state index in [1.807, 2.05) is 34.6 Å². The van der Waals surface area contributed by atoms with E-state index in [2.05, 4.69) is 5.32 Å². The lowest BCUT2D eigenvalue weighted by atomic mass is 9.88. The van der Waals surface area contributed by atoms with Crippen molar-refractivity contribution in [3.05, 3.63) is 0 Å². The molecule has 0 saturated carbocycles. The largest absolute Gasteiger partial charge is 0.349 e. The molecular formula is C15H31N3O2. The van der Waals surface area contributed by atoms with Crippen molar-refractivity contribution in [3.8, 4) is 0 Å². The average Bonchev–Trinajstić information content (AvgIpc) is 2.39. The van der Waals surface area contributed by atoms with E-state index in [1.165, 1.54) is 0 Å². The summed E-state index contributed by atoms with van der Waals surface area (Å²) >= 11 is 0. The fourth-order valence-electron chi connectivity index (χ4n) is 1.95. The van der Waals surface area contributed by atoms with Gasteiger partial charge in [0.15, 0.2) is 0 Å². The molecule has 2 amide bonds. The van der Waals surface area contributed by atoms with Gasteiger partial charge >= 0.3 is 0 Å². The van der Waals surface area contributed by atoms with Crippen LogP contribution in [0.2, 0.25) is 0 Å². The van der Waals surface area contributed by atoms with E-state index in [1.54, 1.807) is 4.90 Å². The quantitative estimate of drug-likeness (QED) is 0.674. The summed E-state index contributed by atoms with van der Waals surface area (Å²) in [5.41, 5.74) is 5.36. The summed E-state index contributed by atoms with van der Waals surface area (Å²) in [5.74, 6) is 0.362. The van der Waals surface area contributed by atoms with Crippen molar-refractivity contribution in [1.29, 1.82) is 0 Å². The molecule has 5 nitrogen and oxygen atoms in total. The molecule has 0 radical (unpaired) electrons. The number of amides is 2. The van der Waals surface area contributed by atoms with Crippen molar-refractivity contribution in [3.63, 3.8) is 0 Å². The van der Waals surface area contributed by atoms with Gasteiger partial charge in [0.1, 0.15) is 0 Å². The lowest BCUT2D eigenvalue weighted by Crippen LogP contribution is -2.55. The molecule has 0 saturated heterocycles. The predicted octanol–water partition coefficient (Wildman–Crippen LogP) is 1.51. The van der Waals surface area contributed by atoms with Gasteiger partial charge in [0, 0.05) is 32.5 Å². The van der Waals surface area contributed by atoms with Gasteiger partial charge in [0.25, 0.3) is 0 Å². The zero-order chi connectivity index (χ0) is 15.8. The Morgan fingerprint density at radius 2 is 1.75 bits per heavy atom. The van der Waals surface area contributed by atoms with Gasteiger partial charge in [-0.1, -0.05) is 13.8 Å². The summed E-state index contributed by atoms with van der Waals surface area (Å²) in [7, 11) is 0. The van der Waals surface area contributed by atoms with Crippen LogP contribution in [0.4, 0.5) is 0 Å². The molecule has 0 aromatic carbocycles. The first-order chi connectivity index (χ1) is 9.30. The summed E-state index contributed by atoms with van der Waals surface area (Å²) in [6.45, 7) is 11.8. The van der Waals surface area contributed by atoms with Gasteiger partial charge in [-0.05, 0) is 33.1 Å². The number of nitrogens with zero attached hydrogens (tertiary/aromatic N) is 1. The van der Waals surface area contributed by atoms with E-state index in [4.69, 9.17) is 5.73 Å². The Kier molecular flexibility index (Phi) is 8.46. The molecule has 0 aliphatic rings. The van der Waals surface area contributed by atoms with Crippen LogP contribution in [0.25, 0.3) is 0 Å². The van der Waals surface area contributed by atoms with Crippen molar-refractivity contribution in [1.82, 2.24) is 10.2 Å². The van der Waals surface area contributed by atoms with E-state index < -0.39 is 0 Å². The number of nitrogens with two attached hydrogens (primary N) is 1. The van der Waals surface area contributed by atoms with E-state index in [-0.39, 0.29) is 23.3 Å². The third kappa shape index (κ3) is 5.90. The molecule has 0 rings (SSSR count). The molecule has 0 fully saturated rings. The first kappa shape index (κ1) is 18.9. The molecule has 1 atom stereocenters. The topological polar surface area (TPSA) is 75.4 Å². The Morgan fingerprint density at radius 1 is 1.20 bits per heavy atom. The van der Waals surface area contributed by atoms with E-state index >= 15 is 0 Å². The van der Waals surface area contributed by atoms with Crippen LogP contribution in [0.3, 0.4) is 0 Å². The summed E-state index contributed by atoms with van der Waals surface area (Å²) in [6, 6.07) is 0. The Balaban J connectivity index is 4.15. The second-order valence-corrected chi connectivity index (χ2v) is 5.74. The third-order valence-corrected chi connectivity index (χ3v) is 4.03. The molecule has 0 aromatic rings. The van der Waals surface area contributed by atoms with Crippen molar-refractivity contribution < 1.29 is 9.59 Å². The van der Waals surface area contributed by atoms with Gasteiger partial charge in [0.2, 0.25) is 11.8 Å². The molecule has 5 heteroatoms. The zero-order valence-corrected chi connectivity index (χ0v) is 13.7. The van der Waals surface area contributed by atoms with Crippen LogP contribution in [0.1, 0.15) is 53.9 Å². The highest BCUT2D eigenvalue weighted by atomic mass is 16.2. The van der Waals surface area contributed by atoms with Crippen molar-refractivity contribution in [2.24, 2.45) is 11.7 Å². The fourth-order valence-corrected chi connectivity index (χ4v) is 1.95. The molecule has 20 heavy (non-hydrogen) atoms. The smallest absolute Gasteiger partial charge is 0.222 e. The maximum Gasteiger partial charge on any atom is 0.222 e. The van der Waals surface area contributed by atoms with Gasteiger partial charge in [-0.25, -0.2) is 0 Å². The number of carbonyl (C=O) groups excluding carboxylic acids is 2. The first-order valence-corrected chi connectivity index (χ1v) is 7.59. The minimum atomic E-state index is -0.375. The Morgan fingerprint density at radius 3 is 2.15 bits per heavy atom. The molecule has 0 heterocycles. The number of carbonyl (C=O) groups is 2. The van der Waals surface area contributed by atoms with Crippen LogP contribution in [0.15, 0.2) is 0 Å². The van der Waals surface area contributed by atoms with Crippen molar-refractivity contribution in [2.75, 3.05) is 19.6 Å². The molecule has 1 unspecified atom stereocenters. The third-order valence-electron chi connectivity index (χ3n) is 4.03. The van der Waals surface area contributed by atoms with Gasteiger partial charge in [-0.2, -0.15) is 0 Å². The molecule has 0 bridgehead atoms. The number of rotatable bonds is 9. The SMILES string of the molecule is CCN(CC)C(=O)CCCC(=O)NC(C)(CN)C(C)C. The van der Waals surface area contributed by atoms with Crippen molar-refractivity contribution >= 4 is 11.8 Å². The van der Waals surface area contributed by atoms with Gasteiger partial charge in [0.05, 0.1) is 5.54 Å². The Bertz CT molecular complexity index is 314. The minimum Gasteiger partial charge on any atom is -0.349 e. The lowest BCUT2D eigenvalue weighted by molar-refractivity contribution is -0.131. The monoisotopic (exact) mass is 285 g/mol. The maximum atomic E-state index is 11.9. The highest BCUT2D eigenvalue weighted by Crippen LogP contribution is 2.15. The highest BCUT2D eigenvalue weighted by molar-refractivity contribution is 5.79. The number of hydrogen-bond donors (Lipinski definition) is 2. The van der Waals surface area contributed by atoms with Crippen LogP contribution < -0.4 is 11.1 Å². The highest BCUT2D eigenvalue weighted by Gasteiger charge is 2.28. The molecule has 0 spiro atoms. The summed E-state index contributed by atoms with van der Waals surface area (Å²) in [6.07, 6.45) is 1.38. The molecule has 3 N–H and O–H groups in total.